The lowest BCUT2D eigenvalue weighted by Crippen LogP contribution is -2.30. The van der Waals surface area contributed by atoms with Crippen molar-refractivity contribution in [3.05, 3.63) is 134 Å². The van der Waals surface area contributed by atoms with Gasteiger partial charge in [0.1, 0.15) is 19.3 Å². The highest BCUT2D eigenvalue weighted by Gasteiger charge is 2.30. The van der Waals surface area contributed by atoms with Gasteiger partial charge in [0.15, 0.2) is 12.2 Å². The molecule has 0 spiro atoms. The van der Waals surface area contributed by atoms with Crippen molar-refractivity contribution in [1.29, 1.82) is 0 Å². The van der Waals surface area contributed by atoms with Crippen LogP contribution >= 0.6 is 15.6 Å². The minimum absolute atomic E-state index is 0.0896. The molecule has 0 aromatic heterocycles. The summed E-state index contributed by atoms with van der Waals surface area (Å²) in [5.41, 5.74) is 0. The van der Waals surface area contributed by atoms with E-state index in [1.165, 1.54) is 51.4 Å². The molecule has 0 rings (SSSR count). The number of carbonyl (C=O) groups excluding carboxylic acids is 4. The van der Waals surface area contributed by atoms with Gasteiger partial charge >= 0.3 is 39.5 Å². The van der Waals surface area contributed by atoms with Gasteiger partial charge in [-0.1, -0.05) is 277 Å². The molecule has 0 bridgehead atoms. The van der Waals surface area contributed by atoms with E-state index < -0.39 is 97.5 Å². The predicted molar refractivity (Wildman–Crippen MR) is 399 cm³/mol. The molecule has 0 aromatic carbocycles. The number of hydrogen-bond donors (Lipinski definition) is 3. The molecular formula is C79H132O17P2. The average Bonchev–Trinajstić information content (AvgIpc) is 1.02. The van der Waals surface area contributed by atoms with Crippen LogP contribution in [0.4, 0.5) is 0 Å². The first kappa shape index (κ1) is 93.2. The third-order valence-corrected chi connectivity index (χ3v) is 17.0. The van der Waals surface area contributed by atoms with Crippen molar-refractivity contribution in [2.45, 2.75) is 303 Å². The van der Waals surface area contributed by atoms with Gasteiger partial charge in [-0.2, -0.15) is 0 Å². The lowest BCUT2D eigenvalue weighted by Gasteiger charge is -2.21. The van der Waals surface area contributed by atoms with Crippen LogP contribution in [0.5, 0.6) is 0 Å². The molecule has 0 radical (unpaired) electrons. The number of unbranched alkanes of at least 4 members (excludes halogenated alkanes) is 22. The highest BCUT2D eigenvalue weighted by atomic mass is 31.2. The minimum atomic E-state index is -5.01. The van der Waals surface area contributed by atoms with Gasteiger partial charge in [-0.15, -0.1) is 0 Å². The van der Waals surface area contributed by atoms with Gasteiger partial charge in [0.25, 0.3) is 0 Å². The number of esters is 4. The molecule has 0 heterocycles. The molecule has 3 N–H and O–H groups in total. The van der Waals surface area contributed by atoms with Crippen molar-refractivity contribution in [3.63, 3.8) is 0 Å². The van der Waals surface area contributed by atoms with Crippen molar-refractivity contribution >= 4 is 39.5 Å². The fourth-order valence-corrected chi connectivity index (χ4v) is 11.1. The van der Waals surface area contributed by atoms with E-state index in [9.17, 15) is 43.2 Å². The summed E-state index contributed by atoms with van der Waals surface area (Å²) in [6, 6.07) is 0. The Hall–Kier alpha value is -4.80. The molecular weight excluding hydrogens is 1280 g/mol. The Morgan fingerprint density at radius 1 is 0.306 bits per heavy atom. The smallest absolute Gasteiger partial charge is 0.462 e. The highest BCUT2D eigenvalue weighted by molar-refractivity contribution is 7.47. The van der Waals surface area contributed by atoms with Gasteiger partial charge in [0.05, 0.1) is 32.8 Å². The number of hydrogen-bond acceptors (Lipinski definition) is 15. The molecule has 98 heavy (non-hydrogen) atoms. The quantitative estimate of drug-likeness (QED) is 0.0169. The summed E-state index contributed by atoms with van der Waals surface area (Å²) in [7, 11) is -9.99. The van der Waals surface area contributed by atoms with E-state index in [2.05, 4.69) is 137 Å². The Balaban J connectivity index is 5.44. The van der Waals surface area contributed by atoms with E-state index in [-0.39, 0.29) is 25.7 Å². The first-order valence-electron chi connectivity index (χ1n) is 37.4. The van der Waals surface area contributed by atoms with Crippen LogP contribution in [0.3, 0.4) is 0 Å². The lowest BCUT2D eigenvalue weighted by atomic mass is 10.0. The molecule has 0 saturated heterocycles. The van der Waals surface area contributed by atoms with Crippen molar-refractivity contribution in [2.75, 3.05) is 39.6 Å². The summed E-state index contributed by atoms with van der Waals surface area (Å²) < 4.78 is 68.2. The maximum atomic E-state index is 13.1. The van der Waals surface area contributed by atoms with E-state index in [0.29, 0.717) is 25.7 Å². The number of phosphoric ester groups is 2. The third kappa shape index (κ3) is 69.7. The lowest BCUT2D eigenvalue weighted by molar-refractivity contribution is -0.161. The summed E-state index contributed by atoms with van der Waals surface area (Å²) in [6.45, 7) is 4.41. The summed E-state index contributed by atoms with van der Waals surface area (Å²) in [5.74, 6) is -2.37. The zero-order valence-electron chi connectivity index (χ0n) is 60.9. The van der Waals surface area contributed by atoms with E-state index in [1.54, 1.807) is 12.2 Å². The van der Waals surface area contributed by atoms with Crippen molar-refractivity contribution in [1.82, 2.24) is 0 Å². The molecule has 0 fully saturated rings. The fourth-order valence-electron chi connectivity index (χ4n) is 9.50. The minimum Gasteiger partial charge on any atom is -0.462 e. The maximum absolute atomic E-state index is 13.1. The van der Waals surface area contributed by atoms with Crippen molar-refractivity contribution in [3.8, 4) is 0 Å². The van der Waals surface area contributed by atoms with Crippen LogP contribution in [-0.4, -0.2) is 96.7 Å². The van der Waals surface area contributed by atoms with Gasteiger partial charge < -0.3 is 33.8 Å². The molecule has 5 unspecified atom stereocenters. The van der Waals surface area contributed by atoms with Crippen molar-refractivity contribution < 1.29 is 80.2 Å². The van der Waals surface area contributed by atoms with E-state index >= 15 is 0 Å². The molecule has 5 atom stereocenters. The van der Waals surface area contributed by atoms with Gasteiger partial charge in [-0.3, -0.25) is 37.3 Å². The van der Waals surface area contributed by atoms with E-state index in [1.807, 2.05) is 12.2 Å². The fraction of sp³-hybridized carbons (Fsp3) is 0.671. The number of carbonyl (C=O) groups is 4. The van der Waals surface area contributed by atoms with Crippen LogP contribution in [0.1, 0.15) is 285 Å². The van der Waals surface area contributed by atoms with Crippen LogP contribution in [0.15, 0.2) is 134 Å². The average molecular weight is 1420 g/mol. The molecule has 19 heteroatoms. The zero-order valence-corrected chi connectivity index (χ0v) is 62.7. The van der Waals surface area contributed by atoms with Crippen LogP contribution < -0.4 is 0 Å². The molecule has 0 aliphatic rings. The van der Waals surface area contributed by atoms with Gasteiger partial charge in [-0.05, 0) is 116 Å². The molecule has 0 aliphatic carbocycles. The Labute approximate surface area is 593 Å². The number of aliphatic hydroxyl groups excluding tert-OH is 1. The van der Waals surface area contributed by atoms with Crippen LogP contribution in [0.25, 0.3) is 0 Å². The zero-order chi connectivity index (χ0) is 71.8. The number of phosphoric acid groups is 2. The SMILES string of the molecule is CC/C=C\C/C=C\C/C=C\C/C=C\C/C=C\CC(=O)OC(COC(=O)CCCCCC/C=C\C/C=C\C/C=C\C/C=C\CC)COP(=O)(O)OCC(O)COP(=O)(O)OCC(COC(=O)CCCCCCC/C=C\C/C=C\CCC)OC(=O)CCCCCCCCCCCCCCC. The molecule has 0 aromatic rings. The Morgan fingerprint density at radius 3 is 0.949 bits per heavy atom. The standard InChI is InChI=1S/C79H132O17P2/c1-5-9-13-17-21-25-29-33-35-36-38-41-44-48-52-56-60-64-77(82)90-70-75(96-79(84)66-62-58-54-50-46-42-37-34-30-26-22-18-14-10-6-2)72-94-98(87,88)92-68-73(80)67-91-97(85,86)93-71-74(95-78(83)65-61-57-53-49-45-40-32-28-24-20-16-12-8-4)69-89-76(81)63-59-55-51-47-43-39-31-27-23-19-15-11-7-3/h9-10,13-15,19,21-22,25-27,31,33-35,37-38,41,46,50,58,62,73-75,80H,5-8,11-12,16-18,20,23-24,28-30,32,36,39-40,42-45,47-49,51-57,59-61,63-72H2,1-4H3,(H,85,86)(H,87,88)/b13-9-,14-10-,19-15-,25-21-,26-22-,31-27-,35-33-,37-34-,41-38-,50-46-,62-58-. The van der Waals surface area contributed by atoms with Gasteiger partial charge in [0, 0.05) is 19.3 Å². The summed E-state index contributed by atoms with van der Waals surface area (Å²) in [5, 5.41) is 10.6. The van der Waals surface area contributed by atoms with E-state index in [4.69, 9.17) is 37.0 Å². The normalized spacial score (nSPS) is 14.7. The van der Waals surface area contributed by atoms with Crippen LogP contribution in [0.2, 0.25) is 0 Å². The van der Waals surface area contributed by atoms with Gasteiger partial charge in [0.2, 0.25) is 0 Å². The molecule has 17 nitrogen and oxygen atoms in total. The number of aliphatic hydroxyl groups is 1. The monoisotopic (exact) mass is 1410 g/mol. The maximum Gasteiger partial charge on any atom is 0.472 e. The molecule has 560 valence electrons. The van der Waals surface area contributed by atoms with E-state index in [0.717, 1.165) is 154 Å². The second-order valence-electron chi connectivity index (χ2n) is 24.5. The largest absolute Gasteiger partial charge is 0.472 e. The Kier molecular flexibility index (Phi) is 67.2. The molecule has 0 aliphatic heterocycles. The van der Waals surface area contributed by atoms with Gasteiger partial charge in [-0.25, -0.2) is 9.13 Å². The third-order valence-electron chi connectivity index (χ3n) is 15.1. The number of allylic oxidation sites excluding steroid dienone is 21. The number of ether oxygens (including phenoxy) is 4. The molecule has 0 amide bonds. The number of rotatable bonds is 69. The first-order valence-corrected chi connectivity index (χ1v) is 40.4. The molecule has 0 saturated carbocycles. The van der Waals surface area contributed by atoms with Crippen LogP contribution in [0, 0.1) is 0 Å². The predicted octanol–water partition coefficient (Wildman–Crippen LogP) is 21.3. The summed E-state index contributed by atoms with van der Waals surface area (Å²) in [6.07, 6.45) is 77.7. The Bertz CT molecular complexity index is 2380. The second kappa shape index (κ2) is 70.6. The Morgan fingerprint density at radius 2 is 0.592 bits per heavy atom. The topological polar surface area (TPSA) is 237 Å². The first-order chi connectivity index (χ1) is 47.7. The van der Waals surface area contributed by atoms with Crippen LogP contribution in [-0.2, 0) is 65.4 Å². The highest BCUT2D eigenvalue weighted by Crippen LogP contribution is 2.45. The van der Waals surface area contributed by atoms with Crippen molar-refractivity contribution in [2.24, 2.45) is 0 Å². The second-order valence-corrected chi connectivity index (χ2v) is 27.4. The summed E-state index contributed by atoms with van der Waals surface area (Å²) >= 11 is 0. The summed E-state index contributed by atoms with van der Waals surface area (Å²) in [4.78, 5) is 72.7.